The lowest BCUT2D eigenvalue weighted by Crippen LogP contribution is -2.39. The Morgan fingerprint density at radius 2 is 2.10 bits per heavy atom. The van der Waals surface area contributed by atoms with Gasteiger partial charge in [0, 0.05) is 13.6 Å². The smallest absolute Gasteiger partial charge is 0.321 e. The van der Waals surface area contributed by atoms with E-state index in [1.807, 2.05) is 31.3 Å². The maximum atomic E-state index is 12.2. The third kappa shape index (κ3) is 3.87. The molecule has 0 spiro atoms. The minimum atomic E-state index is -0.0898. The van der Waals surface area contributed by atoms with Crippen LogP contribution in [0.2, 0.25) is 0 Å². The van der Waals surface area contributed by atoms with Crippen LogP contribution in [-0.2, 0) is 0 Å². The Morgan fingerprint density at radius 1 is 1.40 bits per heavy atom. The maximum Gasteiger partial charge on any atom is 0.321 e. The highest BCUT2D eigenvalue weighted by molar-refractivity contribution is 5.90. The molecule has 0 atom stereocenters. The third-order valence-electron chi connectivity index (χ3n) is 3.69. The van der Waals surface area contributed by atoms with Crippen LogP contribution in [-0.4, -0.2) is 44.7 Å². The van der Waals surface area contributed by atoms with Crippen LogP contribution in [0.5, 0.6) is 5.75 Å². The second-order valence-electron chi connectivity index (χ2n) is 5.20. The molecule has 5 nitrogen and oxygen atoms in total. The van der Waals surface area contributed by atoms with E-state index in [2.05, 4.69) is 10.6 Å². The molecule has 1 aliphatic heterocycles. The van der Waals surface area contributed by atoms with Crippen molar-refractivity contribution in [1.82, 2.24) is 10.2 Å². The van der Waals surface area contributed by atoms with Crippen LogP contribution in [0.25, 0.3) is 0 Å². The van der Waals surface area contributed by atoms with Gasteiger partial charge in [-0.05, 0) is 44.0 Å². The Balaban J connectivity index is 1.90. The standard InChI is InChI=1S/C15H23N3O2/c1-18(11-12-7-9-16-10-8-12)15(19)17-13-5-3-4-6-14(13)20-2/h3-6,12,16H,7-11H2,1-2H3,(H,17,19). The zero-order valence-corrected chi connectivity index (χ0v) is 12.2. The lowest BCUT2D eigenvalue weighted by atomic mass is 9.98. The highest BCUT2D eigenvalue weighted by Gasteiger charge is 2.18. The number of urea groups is 1. The number of carbonyl (C=O) groups excluding carboxylic acids is 1. The van der Waals surface area contributed by atoms with Gasteiger partial charge in [0.05, 0.1) is 12.8 Å². The largest absolute Gasteiger partial charge is 0.495 e. The number of nitrogens with zero attached hydrogens (tertiary/aromatic N) is 1. The molecule has 0 bridgehead atoms. The fraction of sp³-hybridized carbons (Fsp3) is 0.533. The molecule has 2 N–H and O–H groups in total. The first-order valence-electron chi connectivity index (χ1n) is 7.06. The Labute approximate surface area is 120 Å². The molecule has 5 heteroatoms. The number of anilines is 1. The van der Waals surface area contributed by atoms with Gasteiger partial charge in [0.1, 0.15) is 5.75 Å². The quantitative estimate of drug-likeness (QED) is 0.886. The van der Waals surface area contributed by atoms with Crippen LogP contribution in [0.3, 0.4) is 0 Å². The maximum absolute atomic E-state index is 12.2. The number of ether oxygens (including phenoxy) is 1. The zero-order valence-electron chi connectivity index (χ0n) is 12.2. The first-order chi connectivity index (χ1) is 9.70. The van der Waals surface area contributed by atoms with Gasteiger partial charge in [-0.2, -0.15) is 0 Å². The van der Waals surface area contributed by atoms with Crippen molar-refractivity contribution in [3.63, 3.8) is 0 Å². The Morgan fingerprint density at radius 3 is 2.80 bits per heavy atom. The van der Waals surface area contributed by atoms with Gasteiger partial charge in [0.25, 0.3) is 0 Å². The second kappa shape index (κ2) is 7.14. The molecule has 0 radical (unpaired) electrons. The fourth-order valence-electron chi connectivity index (χ4n) is 2.49. The molecule has 1 fully saturated rings. The van der Waals surface area contributed by atoms with Gasteiger partial charge in [-0.15, -0.1) is 0 Å². The molecule has 1 saturated heterocycles. The summed E-state index contributed by atoms with van der Waals surface area (Å²) in [5.41, 5.74) is 0.706. The number of methoxy groups -OCH3 is 1. The first kappa shape index (κ1) is 14.7. The van der Waals surface area contributed by atoms with Crippen molar-refractivity contribution in [1.29, 1.82) is 0 Å². The van der Waals surface area contributed by atoms with Crippen molar-refractivity contribution in [2.24, 2.45) is 5.92 Å². The van der Waals surface area contributed by atoms with Crippen LogP contribution >= 0.6 is 0 Å². The van der Waals surface area contributed by atoms with E-state index < -0.39 is 0 Å². The molecule has 2 rings (SSSR count). The predicted octanol–water partition coefficient (Wildman–Crippen LogP) is 2.16. The van der Waals surface area contributed by atoms with E-state index in [1.165, 1.54) is 0 Å². The highest BCUT2D eigenvalue weighted by atomic mass is 16.5. The van der Waals surface area contributed by atoms with Gasteiger partial charge in [-0.1, -0.05) is 12.1 Å². The normalized spacial score (nSPS) is 15.7. The Kier molecular flexibility index (Phi) is 5.24. The molecule has 0 saturated carbocycles. The van der Waals surface area contributed by atoms with Crippen molar-refractivity contribution >= 4 is 11.7 Å². The number of piperidine rings is 1. The summed E-state index contributed by atoms with van der Waals surface area (Å²) in [5.74, 6) is 1.26. The number of nitrogens with one attached hydrogen (secondary N) is 2. The summed E-state index contributed by atoms with van der Waals surface area (Å²) in [6.07, 6.45) is 2.26. The topological polar surface area (TPSA) is 53.6 Å². The Hall–Kier alpha value is -1.75. The lowest BCUT2D eigenvalue weighted by Gasteiger charge is -2.27. The minimum Gasteiger partial charge on any atom is -0.495 e. The molecule has 0 aromatic heterocycles. The van der Waals surface area contributed by atoms with Gasteiger partial charge < -0.3 is 20.3 Å². The number of hydrogen-bond acceptors (Lipinski definition) is 3. The van der Waals surface area contributed by atoms with Crippen LogP contribution < -0.4 is 15.4 Å². The molecule has 1 aromatic carbocycles. The number of para-hydroxylation sites is 2. The molecule has 1 heterocycles. The van der Waals surface area contributed by atoms with Gasteiger partial charge in [-0.25, -0.2) is 4.79 Å². The van der Waals surface area contributed by atoms with Gasteiger partial charge in [0.2, 0.25) is 0 Å². The van der Waals surface area contributed by atoms with Crippen LogP contribution in [0, 0.1) is 5.92 Å². The van der Waals surface area contributed by atoms with E-state index in [9.17, 15) is 4.79 Å². The molecule has 110 valence electrons. The molecule has 1 aromatic rings. The van der Waals surface area contributed by atoms with E-state index in [4.69, 9.17) is 4.74 Å². The average Bonchev–Trinajstić information content (AvgIpc) is 2.48. The summed E-state index contributed by atoms with van der Waals surface area (Å²) in [6.45, 7) is 2.89. The van der Waals surface area contributed by atoms with E-state index in [-0.39, 0.29) is 6.03 Å². The molecular formula is C15H23N3O2. The summed E-state index contributed by atoms with van der Waals surface area (Å²) < 4.78 is 5.23. The fourth-order valence-corrected chi connectivity index (χ4v) is 2.49. The van der Waals surface area contributed by atoms with Crippen molar-refractivity contribution in [3.05, 3.63) is 24.3 Å². The Bertz CT molecular complexity index is 444. The van der Waals surface area contributed by atoms with Gasteiger partial charge in [-0.3, -0.25) is 0 Å². The second-order valence-corrected chi connectivity index (χ2v) is 5.20. The van der Waals surface area contributed by atoms with Crippen molar-refractivity contribution in [2.45, 2.75) is 12.8 Å². The highest BCUT2D eigenvalue weighted by Crippen LogP contribution is 2.23. The monoisotopic (exact) mass is 277 g/mol. The van der Waals surface area contributed by atoms with Crippen molar-refractivity contribution < 1.29 is 9.53 Å². The van der Waals surface area contributed by atoms with Crippen LogP contribution in [0.15, 0.2) is 24.3 Å². The summed E-state index contributed by atoms with van der Waals surface area (Å²) in [5, 5.41) is 6.23. The summed E-state index contributed by atoms with van der Waals surface area (Å²) >= 11 is 0. The number of rotatable bonds is 4. The van der Waals surface area contributed by atoms with Gasteiger partial charge >= 0.3 is 6.03 Å². The van der Waals surface area contributed by atoms with Crippen molar-refractivity contribution in [3.8, 4) is 5.75 Å². The number of carbonyl (C=O) groups is 1. The van der Waals surface area contributed by atoms with E-state index in [0.29, 0.717) is 17.4 Å². The van der Waals surface area contributed by atoms with Crippen LogP contribution in [0.1, 0.15) is 12.8 Å². The average molecular weight is 277 g/mol. The predicted molar refractivity (Wildman–Crippen MR) is 80.2 cm³/mol. The van der Waals surface area contributed by atoms with Crippen molar-refractivity contribution in [2.75, 3.05) is 39.1 Å². The molecule has 0 aliphatic carbocycles. The number of benzene rings is 1. The summed E-state index contributed by atoms with van der Waals surface area (Å²) in [7, 11) is 3.44. The molecule has 0 unspecified atom stereocenters. The van der Waals surface area contributed by atoms with E-state index in [1.54, 1.807) is 12.0 Å². The lowest BCUT2D eigenvalue weighted by molar-refractivity contribution is 0.206. The number of hydrogen-bond donors (Lipinski definition) is 2. The minimum absolute atomic E-state index is 0.0898. The molecular weight excluding hydrogens is 254 g/mol. The summed E-state index contributed by atoms with van der Waals surface area (Å²) in [6, 6.07) is 7.35. The van der Waals surface area contributed by atoms with E-state index in [0.717, 1.165) is 32.5 Å². The molecule has 20 heavy (non-hydrogen) atoms. The first-order valence-corrected chi connectivity index (χ1v) is 7.06. The SMILES string of the molecule is COc1ccccc1NC(=O)N(C)CC1CCNCC1. The molecule has 1 aliphatic rings. The number of amides is 2. The van der Waals surface area contributed by atoms with Crippen LogP contribution in [0.4, 0.5) is 10.5 Å². The molecule has 2 amide bonds. The van der Waals surface area contributed by atoms with Gasteiger partial charge in [0.15, 0.2) is 0 Å². The summed E-state index contributed by atoms with van der Waals surface area (Å²) in [4.78, 5) is 14.0. The third-order valence-corrected chi connectivity index (χ3v) is 3.69. The zero-order chi connectivity index (χ0) is 14.4. The van der Waals surface area contributed by atoms with E-state index >= 15 is 0 Å².